The van der Waals surface area contributed by atoms with E-state index < -0.39 is 0 Å². The zero-order valence-corrected chi connectivity index (χ0v) is 9.08. The van der Waals surface area contributed by atoms with Gasteiger partial charge in [-0.3, -0.25) is 0 Å². The van der Waals surface area contributed by atoms with Crippen molar-refractivity contribution < 1.29 is 4.58 Å². The van der Waals surface area contributed by atoms with E-state index in [1.54, 1.807) is 0 Å². The molecule has 0 aromatic heterocycles. The van der Waals surface area contributed by atoms with Crippen LogP contribution in [0.25, 0.3) is 0 Å². The molecule has 0 rings (SSSR count). The first-order valence-corrected chi connectivity index (χ1v) is 4.15. The highest BCUT2D eigenvalue weighted by atomic mass is 127. The molecule has 0 fully saturated rings. The third-order valence-electron chi connectivity index (χ3n) is 0.763. The minimum absolute atomic E-state index is 1.23. The van der Waals surface area contributed by atoms with Gasteiger partial charge in [-0.05, 0) is 22.6 Å². The summed E-state index contributed by atoms with van der Waals surface area (Å²) in [5.74, 6) is 0. The molecule has 0 saturated carbocycles. The third kappa shape index (κ3) is 6.07. The zero-order chi connectivity index (χ0) is 8.15. The number of hydrogen-bond donors (Lipinski definition) is 0. The molecule has 0 unspecified atom stereocenters. The van der Waals surface area contributed by atoms with Crippen LogP contribution < -0.4 is 0 Å². The molecule has 0 saturated heterocycles. The summed E-state index contributed by atoms with van der Waals surface area (Å²) >= 11 is 2.29. The van der Waals surface area contributed by atoms with E-state index in [1.807, 2.05) is 37.7 Å². The molecule has 0 heterocycles. The van der Waals surface area contributed by atoms with Crippen molar-refractivity contribution in [2.75, 3.05) is 28.2 Å². The molecule has 2 nitrogen and oxygen atoms in total. The molecule has 0 aromatic rings. The van der Waals surface area contributed by atoms with Gasteiger partial charge in [0, 0.05) is 20.3 Å². The Morgan fingerprint density at radius 2 is 1.90 bits per heavy atom. The third-order valence-corrected chi connectivity index (χ3v) is 1.32. The minimum Gasteiger partial charge on any atom is -0.382 e. The number of allylic oxidation sites excluding steroid dienone is 1. The van der Waals surface area contributed by atoms with Crippen LogP contribution in [0.3, 0.4) is 0 Å². The monoisotopic (exact) mass is 253 g/mol. The van der Waals surface area contributed by atoms with Gasteiger partial charge in [0.05, 0.1) is 3.58 Å². The fourth-order valence-corrected chi connectivity index (χ4v) is 1.64. The average Bonchev–Trinajstić information content (AvgIpc) is 1.58. The molecule has 0 radical (unpaired) electrons. The second kappa shape index (κ2) is 4.71. The first-order chi connectivity index (χ1) is 4.52. The van der Waals surface area contributed by atoms with E-state index in [4.69, 9.17) is 0 Å². The first kappa shape index (κ1) is 9.94. The molecule has 10 heavy (non-hydrogen) atoms. The number of hydrogen-bond acceptors (Lipinski definition) is 1. The summed E-state index contributed by atoms with van der Waals surface area (Å²) in [5.41, 5.74) is 0. The van der Waals surface area contributed by atoms with Gasteiger partial charge in [0.15, 0.2) is 6.21 Å². The quantitative estimate of drug-likeness (QED) is 0.406. The standard InChI is InChI=1S/C7H14IN2/c1-9(2)5-7(8)6-10(3)4/h5-6H,1-4H3/q+1. The molecular formula is C7H14IN2+. The summed E-state index contributed by atoms with van der Waals surface area (Å²) < 4.78 is 3.26. The maximum absolute atomic E-state index is 2.29. The van der Waals surface area contributed by atoms with E-state index in [9.17, 15) is 0 Å². The Kier molecular flexibility index (Phi) is 4.68. The van der Waals surface area contributed by atoms with Crippen molar-refractivity contribution >= 4 is 28.8 Å². The molecule has 0 aliphatic carbocycles. The Morgan fingerprint density at radius 1 is 1.40 bits per heavy atom. The summed E-state index contributed by atoms with van der Waals surface area (Å²) in [6.45, 7) is 0. The van der Waals surface area contributed by atoms with E-state index in [1.165, 1.54) is 3.58 Å². The molecule has 0 bridgehead atoms. The van der Waals surface area contributed by atoms with Gasteiger partial charge in [-0.15, -0.1) is 0 Å². The highest BCUT2D eigenvalue weighted by molar-refractivity contribution is 14.1. The molecule has 0 spiro atoms. The van der Waals surface area contributed by atoms with Crippen LogP contribution in [0.4, 0.5) is 0 Å². The van der Waals surface area contributed by atoms with Gasteiger partial charge in [-0.1, -0.05) is 0 Å². The van der Waals surface area contributed by atoms with E-state index >= 15 is 0 Å². The van der Waals surface area contributed by atoms with Crippen LogP contribution >= 0.6 is 22.6 Å². The van der Waals surface area contributed by atoms with Gasteiger partial charge >= 0.3 is 0 Å². The maximum atomic E-state index is 2.29. The lowest BCUT2D eigenvalue weighted by atomic mass is 10.6. The SMILES string of the molecule is CN(C)/C=C(\I)C=[N+](C)C. The molecule has 58 valence electrons. The highest BCUT2D eigenvalue weighted by Gasteiger charge is 1.90. The molecular weight excluding hydrogens is 239 g/mol. The largest absolute Gasteiger partial charge is 0.382 e. The molecule has 0 aliphatic rings. The zero-order valence-electron chi connectivity index (χ0n) is 6.93. The van der Waals surface area contributed by atoms with Crippen molar-refractivity contribution in [2.45, 2.75) is 0 Å². The van der Waals surface area contributed by atoms with Crippen LogP contribution in [0.5, 0.6) is 0 Å². The Hall–Kier alpha value is -0.0600. The van der Waals surface area contributed by atoms with Crippen LogP contribution in [-0.4, -0.2) is 43.9 Å². The van der Waals surface area contributed by atoms with Gasteiger partial charge in [0.1, 0.15) is 14.1 Å². The molecule has 0 N–H and O–H groups in total. The number of nitrogens with zero attached hydrogens (tertiary/aromatic N) is 2. The van der Waals surface area contributed by atoms with Crippen molar-refractivity contribution in [1.82, 2.24) is 4.90 Å². The summed E-state index contributed by atoms with van der Waals surface area (Å²) in [6.07, 6.45) is 4.14. The van der Waals surface area contributed by atoms with Crippen LogP contribution in [0.1, 0.15) is 0 Å². The topological polar surface area (TPSA) is 6.25 Å². The normalized spacial score (nSPS) is 11.1. The van der Waals surface area contributed by atoms with E-state index in [2.05, 4.69) is 35.0 Å². The van der Waals surface area contributed by atoms with Crippen LogP contribution in [0.2, 0.25) is 0 Å². The van der Waals surface area contributed by atoms with Crippen molar-refractivity contribution in [1.29, 1.82) is 0 Å². The van der Waals surface area contributed by atoms with Crippen molar-refractivity contribution in [3.05, 3.63) is 9.78 Å². The molecule has 0 aromatic carbocycles. The summed E-state index contributed by atoms with van der Waals surface area (Å²) in [5, 5.41) is 0. The van der Waals surface area contributed by atoms with Crippen LogP contribution in [-0.2, 0) is 0 Å². The van der Waals surface area contributed by atoms with Gasteiger partial charge in [-0.25, -0.2) is 4.58 Å². The summed E-state index contributed by atoms with van der Waals surface area (Å²) in [4.78, 5) is 2.03. The predicted molar refractivity (Wildman–Crippen MR) is 54.0 cm³/mol. The Morgan fingerprint density at radius 3 is 2.20 bits per heavy atom. The number of rotatable bonds is 2. The lowest BCUT2D eigenvalue weighted by molar-refractivity contribution is -0.458. The fourth-order valence-electron chi connectivity index (χ4n) is 0.527. The predicted octanol–water partition coefficient (Wildman–Crippen LogP) is 1.17. The lowest BCUT2D eigenvalue weighted by Gasteiger charge is -2.02. The lowest BCUT2D eigenvalue weighted by Crippen LogP contribution is -2.04. The Bertz CT molecular complexity index is 155. The molecule has 0 aliphatic heterocycles. The molecule has 0 atom stereocenters. The maximum Gasteiger partial charge on any atom is 0.177 e. The first-order valence-electron chi connectivity index (χ1n) is 3.07. The molecule has 0 amide bonds. The van der Waals surface area contributed by atoms with Gasteiger partial charge in [0.2, 0.25) is 0 Å². The van der Waals surface area contributed by atoms with Crippen molar-refractivity contribution in [3.8, 4) is 0 Å². The second-order valence-electron chi connectivity index (χ2n) is 2.57. The van der Waals surface area contributed by atoms with Crippen molar-refractivity contribution in [2.24, 2.45) is 0 Å². The van der Waals surface area contributed by atoms with E-state index in [0.29, 0.717) is 0 Å². The Labute approximate surface area is 76.4 Å². The molecule has 3 heteroatoms. The van der Waals surface area contributed by atoms with Crippen LogP contribution in [0, 0.1) is 0 Å². The van der Waals surface area contributed by atoms with Gasteiger partial charge in [-0.2, -0.15) is 0 Å². The number of halogens is 1. The summed E-state index contributed by atoms with van der Waals surface area (Å²) in [6, 6.07) is 0. The Balaban J connectivity index is 4.08. The van der Waals surface area contributed by atoms with Gasteiger partial charge in [0.25, 0.3) is 0 Å². The smallest absolute Gasteiger partial charge is 0.177 e. The fraction of sp³-hybridized carbons (Fsp3) is 0.571. The minimum atomic E-state index is 1.23. The van der Waals surface area contributed by atoms with E-state index in [-0.39, 0.29) is 0 Å². The van der Waals surface area contributed by atoms with Crippen molar-refractivity contribution in [3.63, 3.8) is 0 Å². The second-order valence-corrected chi connectivity index (χ2v) is 3.82. The van der Waals surface area contributed by atoms with E-state index in [0.717, 1.165) is 0 Å². The average molecular weight is 253 g/mol. The van der Waals surface area contributed by atoms with Crippen LogP contribution in [0.15, 0.2) is 9.78 Å². The van der Waals surface area contributed by atoms with Gasteiger partial charge < -0.3 is 4.90 Å². The highest BCUT2D eigenvalue weighted by Crippen LogP contribution is 2.01. The summed E-state index contributed by atoms with van der Waals surface area (Å²) in [7, 11) is 8.06.